The van der Waals surface area contributed by atoms with Crippen LogP contribution in [0.15, 0.2) is 30.6 Å². The molecular weight excluding hydrogens is 348 g/mol. The van der Waals surface area contributed by atoms with Gasteiger partial charge in [-0.05, 0) is 37.8 Å². The third-order valence-corrected chi connectivity index (χ3v) is 4.87. The summed E-state index contributed by atoms with van der Waals surface area (Å²) in [7, 11) is 1.58. The molecule has 2 N–H and O–H groups in total. The van der Waals surface area contributed by atoms with E-state index in [1.807, 2.05) is 19.9 Å². The summed E-state index contributed by atoms with van der Waals surface area (Å²) in [5.41, 5.74) is 5.90. The maximum Gasteiger partial charge on any atom is 0.327 e. The van der Waals surface area contributed by atoms with Gasteiger partial charge < -0.3 is 15.2 Å². The fraction of sp³-hybridized carbons (Fsp3) is 0.368. The highest BCUT2D eigenvalue weighted by Gasteiger charge is 2.51. The molecule has 1 aromatic carbocycles. The Labute approximate surface area is 157 Å². The molecule has 27 heavy (non-hydrogen) atoms. The van der Waals surface area contributed by atoms with Gasteiger partial charge >= 0.3 is 6.03 Å². The predicted octanol–water partition coefficient (Wildman–Crippen LogP) is 3.19. The number of carbonyl (C=O) groups excluding carboxylic acids is 2. The number of urea groups is 1. The van der Waals surface area contributed by atoms with Crippen molar-refractivity contribution in [1.82, 2.24) is 9.97 Å². The zero-order chi connectivity index (χ0) is 19.6. The molecule has 8 nitrogen and oxygen atoms in total. The highest BCUT2D eigenvalue weighted by atomic mass is 16.5. The lowest BCUT2D eigenvalue weighted by Gasteiger charge is -2.22. The van der Waals surface area contributed by atoms with Crippen molar-refractivity contribution in [3.05, 3.63) is 36.2 Å². The van der Waals surface area contributed by atoms with Gasteiger partial charge in [0.25, 0.3) is 0 Å². The van der Waals surface area contributed by atoms with E-state index in [0.717, 1.165) is 23.3 Å². The number of benzene rings is 1. The van der Waals surface area contributed by atoms with Crippen LogP contribution in [-0.2, 0) is 4.79 Å². The van der Waals surface area contributed by atoms with Crippen LogP contribution >= 0.6 is 0 Å². The number of aryl methyl sites for hydroxylation is 1. The van der Waals surface area contributed by atoms with E-state index in [1.165, 1.54) is 12.4 Å². The van der Waals surface area contributed by atoms with Crippen molar-refractivity contribution in [1.29, 1.82) is 0 Å². The fourth-order valence-electron chi connectivity index (χ4n) is 2.92. The zero-order valence-electron chi connectivity index (χ0n) is 15.6. The number of rotatable bonds is 6. The van der Waals surface area contributed by atoms with Crippen molar-refractivity contribution in [2.75, 3.05) is 12.0 Å². The number of carbonyl (C=O) groups is 2. The molecule has 0 unspecified atom stereocenters. The van der Waals surface area contributed by atoms with Crippen LogP contribution in [-0.4, -0.2) is 29.0 Å². The van der Waals surface area contributed by atoms with Crippen LogP contribution in [0.1, 0.15) is 31.7 Å². The summed E-state index contributed by atoms with van der Waals surface area (Å²) >= 11 is 0. The van der Waals surface area contributed by atoms with Gasteiger partial charge in [0.15, 0.2) is 5.82 Å². The summed E-state index contributed by atoms with van der Waals surface area (Å²) < 4.78 is 11.0. The Balaban J connectivity index is 1.87. The highest BCUT2D eigenvalue weighted by molar-refractivity contribution is 6.15. The quantitative estimate of drug-likeness (QED) is 0.837. The second-order valence-corrected chi connectivity index (χ2v) is 6.56. The van der Waals surface area contributed by atoms with Gasteiger partial charge in [-0.3, -0.25) is 4.79 Å². The van der Waals surface area contributed by atoms with Gasteiger partial charge in [-0.2, -0.15) is 0 Å². The molecule has 3 rings (SSSR count). The number of amides is 3. The SMILES string of the molecule is CCC1(C(=O)N(C(N)=O)c2cc(Oc3ccc(C)c(OC)c3)ncn2)CC1. The van der Waals surface area contributed by atoms with Crippen LogP contribution in [0.4, 0.5) is 10.6 Å². The molecule has 0 atom stereocenters. The molecule has 0 aliphatic heterocycles. The van der Waals surface area contributed by atoms with Crippen LogP contribution in [0.3, 0.4) is 0 Å². The minimum Gasteiger partial charge on any atom is -0.496 e. The number of ether oxygens (including phenoxy) is 2. The Kier molecular flexibility index (Phi) is 4.98. The van der Waals surface area contributed by atoms with Gasteiger partial charge in [-0.25, -0.2) is 19.7 Å². The fourth-order valence-corrected chi connectivity index (χ4v) is 2.92. The van der Waals surface area contributed by atoms with Gasteiger partial charge in [-0.1, -0.05) is 13.0 Å². The smallest absolute Gasteiger partial charge is 0.327 e. The summed E-state index contributed by atoms with van der Waals surface area (Å²) in [4.78, 5) is 33.7. The first-order chi connectivity index (χ1) is 12.9. The van der Waals surface area contributed by atoms with E-state index in [4.69, 9.17) is 15.2 Å². The summed E-state index contributed by atoms with van der Waals surface area (Å²) in [6.07, 6.45) is 3.35. The van der Waals surface area contributed by atoms with Crippen molar-refractivity contribution >= 4 is 17.8 Å². The summed E-state index contributed by atoms with van der Waals surface area (Å²) in [5, 5.41) is 0. The van der Waals surface area contributed by atoms with Gasteiger partial charge in [-0.15, -0.1) is 0 Å². The third-order valence-electron chi connectivity index (χ3n) is 4.87. The van der Waals surface area contributed by atoms with Gasteiger partial charge in [0.2, 0.25) is 11.8 Å². The molecule has 1 saturated carbocycles. The number of imide groups is 1. The first kappa shape index (κ1) is 18.6. The monoisotopic (exact) mass is 370 g/mol. The molecule has 8 heteroatoms. The molecular formula is C19H22N4O4. The zero-order valence-corrected chi connectivity index (χ0v) is 15.6. The standard InChI is InChI=1S/C19H22N4O4/c1-4-19(7-8-19)17(24)23(18(20)25)15-10-16(22-11-21-15)27-13-6-5-12(2)14(9-13)26-3/h5-6,9-11H,4,7-8H2,1-3H3,(H2,20,25). The molecule has 1 aliphatic rings. The van der Waals surface area contributed by atoms with E-state index < -0.39 is 11.4 Å². The lowest BCUT2D eigenvalue weighted by molar-refractivity contribution is -0.123. The first-order valence-electron chi connectivity index (χ1n) is 8.69. The van der Waals surface area contributed by atoms with Gasteiger partial charge in [0.1, 0.15) is 17.8 Å². The van der Waals surface area contributed by atoms with Crippen molar-refractivity contribution in [2.24, 2.45) is 11.1 Å². The number of primary amides is 1. The van der Waals surface area contributed by atoms with E-state index in [1.54, 1.807) is 19.2 Å². The lowest BCUT2D eigenvalue weighted by atomic mass is 10.0. The van der Waals surface area contributed by atoms with E-state index in [2.05, 4.69) is 9.97 Å². The third kappa shape index (κ3) is 3.69. The van der Waals surface area contributed by atoms with Crippen molar-refractivity contribution in [3.63, 3.8) is 0 Å². The van der Waals surface area contributed by atoms with Crippen LogP contribution < -0.4 is 20.1 Å². The summed E-state index contributed by atoms with van der Waals surface area (Å²) in [6, 6.07) is 5.90. The van der Waals surface area contributed by atoms with E-state index in [0.29, 0.717) is 17.9 Å². The Morgan fingerprint density at radius 2 is 2.00 bits per heavy atom. The van der Waals surface area contributed by atoms with Gasteiger partial charge in [0, 0.05) is 12.1 Å². The topological polar surface area (TPSA) is 108 Å². The highest BCUT2D eigenvalue weighted by Crippen LogP contribution is 2.50. The molecule has 1 aliphatic carbocycles. The Morgan fingerprint density at radius 3 is 2.59 bits per heavy atom. The van der Waals surface area contributed by atoms with Crippen molar-refractivity contribution in [3.8, 4) is 17.4 Å². The number of nitrogens with zero attached hydrogens (tertiary/aromatic N) is 3. The maximum absolute atomic E-state index is 12.8. The van der Waals surface area contributed by atoms with E-state index >= 15 is 0 Å². The predicted molar refractivity (Wildman–Crippen MR) is 98.9 cm³/mol. The van der Waals surface area contributed by atoms with E-state index in [9.17, 15) is 9.59 Å². The number of hydrogen-bond acceptors (Lipinski definition) is 6. The molecule has 0 saturated heterocycles. The number of aromatic nitrogens is 2. The van der Waals surface area contributed by atoms with Crippen LogP contribution in [0, 0.1) is 12.3 Å². The molecule has 142 valence electrons. The number of methoxy groups -OCH3 is 1. The molecule has 2 aromatic rings. The Hall–Kier alpha value is -3.16. The summed E-state index contributed by atoms with van der Waals surface area (Å²) in [6.45, 7) is 3.84. The maximum atomic E-state index is 12.8. The van der Waals surface area contributed by atoms with Gasteiger partial charge in [0.05, 0.1) is 12.5 Å². The van der Waals surface area contributed by atoms with Crippen molar-refractivity contribution in [2.45, 2.75) is 33.1 Å². The second-order valence-electron chi connectivity index (χ2n) is 6.56. The average molecular weight is 370 g/mol. The molecule has 1 fully saturated rings. The lowest BCUT2D eigenvalue weighted by Crippen LogP contribution is -2.45. The normalized spacial score (nSPS) is 14.3. The van der Waals surface area contributed by atoms with E-state index in [-0.39, 0.29) is 17.6 Å². The molecule has 0 bridgehead atoms. The minimum atomic E-state index is -0.874. The second kappa shape index (κ2) is 7.22. The van der Waals surface area contributed by atoms with Crippen LogP contribution in [0.25, 0.3) is 0 Å². The minimum absolute atomic E-state index is 0.0938. The Bertz CT molecular complexity index is 880. The molecule has 0 radical (unpaired) electrons. The average Bonchev–Trinajstić information content (AvgIpc) is 3.45. The first-order valence-corrected chi connectivity index (χ1v) is 8.69. The largest absolute Gasteiger partial charge is 0.496 e. The number of anilines is 1. The van der Waals surface area contributed by atoms with Crippen LogP contribution in [0.5, 0.6) is 17.4 Å². The summed E-state index contributed by atoms with van der Waals surface area (Å²) in [5.74, 6) is 1.13. The molecule has 1 heterocycles. The molecule has 0 spiro atoms. The Morgan fingerprint density at radius 1 is 1.26 bits per heavy atom. The van der Waals surface area contributed by atoms with Crippen LogP contribution in [0.2, 0.25) is 0 Å². The number of hydrogen-bond donors (Lipinski definition) is 1. The molecule has 1 aromatic heterocycles. The van der Waals surface area contributed by atoms with Crippen molar-refractivity contribution < 1.29 is 19.1 Å². The molecule has 3 amide bonds. The number of nitrogens with two attached hydrogens (primary N) is 1.